The van der Waals surface area contributed by atoms with Crippen molar-refractivity contribution in [2.75, 3.05) is 16.8 Å². The third kappa shape index (κ3) is 3.55. The van der Waals surface area contributed by atoms with Crippen molar-refractivity contribution >= 4 is 23.2 Å². The number of benzene rings is 2. The Hall–Kier alpha value is -2.86. The van der Waals surface area contributed by atoms with E-state index in [1.807, 2.05) is 50.2 Å². The average molecular weight is 353 g/mol. The standard InChI is InChI=1S/C20H23N3O3/c1-12-4-7-16(8-5-12)22-20(25)14(3)23-17-10-15(13(2)21)6-9-18(17)26-11-19(23)24/h4-10,13-14H,11,21H2,1-3H3,(H,22,25). The molecule has 1 heterocycles. The van der Waals surface area contributed by atoms with Crippen molar-refractivity contribution in [3.8, 4) is 5.75 Å². The second-order valence-electron chi connectivity index (χ2n) is 6.60. The molecule has 0 aromatic heterocycles. The van der Waals surface area contributed by atoms with Crippen LogP contribution in [0.4, 0.5) is 11.4 Å². The maximum atomic E-state index is 12.7. The van der Waals surface area contributed by atoms with E-state index in [-0.39, 0.29) is 24.5 Å². The van der Waals surface area contributed by atoms with Gasteiger partial charge in [-0.3, -0.25) is 14.5 Å². The second-order valence-corrected chi connectivity index (χ2v) is 6.60. The summed E-state index contributed by atoms with van der Waals surface area (Å²) in [6.07, 6.45) is 0. The van der Waals surface area contributed by atoms with Crippen molar-refractivity contribution in [1.29, 1.82) is 0 Å². The van der Waals surface area contributed by atoms with Crippen LogP contribution in [0.5, 0.6) is 5.75 Å². The number of hydrogen-bond acceptors (Lipinski definition) is 4. The molecule has 136 valence electrons. The van der Waals surface area contributed by atoms with Crippen LogP contribution in [0.2, 0.25) is 0 Å². The van der Waals surface area contributed by atoms with Crippen molar-refractivity contribution in [1.82, 2.24) is 0 Å². The molecule has 1 aliphatic heterocycles. The monoisotopic (exact) mass is 353 g/mol. The smallest absolute Gasteiger partial charge is 0.265 e. The van der Waals surface area contributed by atoms with Gasteiger partial charge >= 0.3 is 0 Å². The Morgan fingerprint density at radius 3 is 2.54 bits per heavy atom. The molecule has 0 bridgehead atoms. The number of anilines is 2. The molecule has 0 spiro atoms. The first-order valence-electron chi connectivity index (χ1n) is 8.58. The van der Waals surface area contributed by atoms with E-state index in [9.17, 15) is 9.59 Å². The lowest BCUT2D eigenvalue weighted by Crippen LogP contribution is -2.49. The van der Waals surface area contributed by atoms with Gasteiger partial charge in [0, 0.05) is 11.7 Å². The molecule has 26 heavy (non-hydrogen) atoms. The van der Waals surface area contributed by atoms with E-state index < -0.39 is 6.04 Å². The molecule has 6 heteroatoms. The fraction of sp³-hybridized carbons (Fsp3) is 0.300. The molecular formula is C20H23N3O3. The van der Waals surface area contributed by atoms with Gasteiger partial charge in [-0.1, -0.05) is 23.8 Å². The van der Waals surface area contributed by atoms with E-state index in [4.69, 9.17) is 10.5 Å². The molecule has 2 amide bonds. The molecule has 0 radical (unpaired) electrons. The number of fused-ring (bicyclic) bond motifs is 1. The Kier molecular flexibility index (Phi) is 4.95. The summed E-state index contributed by atoms with van der Waals surface area (Å²) < 4.78 is 5.50. The van der Waals surface area contributed by atoms with E-state index in [2.05, 4.69) is 5.32 Å². The van der Waals surface area contributed by atoms with Gasteiger partial charge in [-0.25, -0.2) is 0 Å². The quantitative estimate of drug-likeness (QED) is 0.885. The lowest BCUT2D eigenvalue weighted by molar-refractivity contribution is -0.125. The van der Waals surface area contributed by atoms with Crippen LogP contribution in [0, 0.1) is 6.92 Å². The molecule has 6 nitrogen and oxygen atoms in total. The van der Waals surface area contributed by atoms with Crippen LogP contribution < -0.4 is 20.7 Å². The molecule has 2 unspecified atom stereocenters. The molecule has 0 fully saturated rings. The van der Waals surface area contributed by atoms with Crippen molar-refractivity contribution in [2.45, 2.75) is 32.9 Å². The van der Waals surface area contributed by atoms with Crippen molar-refractivity contribution in [3.05, 3.63) is 53.6 Å². The number of nitrogens with one attached hydrogen (secondary N) is 1. The van der Waals surface area contributed by atoms with E-state index in [1.165, 1.54) is 4.90 Å². The van der Waals surface area contributed by atoms with Crippen molar-refractivity contribution < 1.29 is 14.3 Å². The molecule has 0 saturated heterocycles. The Balaban J connectivity index is 1.87. The lowest BCUT2D eigenvalue weighted by Gasteiger charge is -2.33. The summed E-state index contributed by atoms with van der Waals surface area (Å²) >= 11 is 0. The molecule has 3 N–H and O–H groups in total. The highest BCUT2D eigenvalue weighted by Gasteiger charge is 2.33. The van der Waals surface area contributed by atoms with E-state index in [0.717, 1.165) is 11.1 Å². The predicted octanol–water partition coefficient (Wildman–Crippen LogP) is 2.77. The topological polar surface area (TPSA) is 84.7 Å². The summed E-state index contributed by atoms with van der Waals surface area (Å²) in [7, 11) is 0. The highest BCUT2D eigenvalue weighted by atomic mass is 16.5. The minimum atomic E-state index is -0.685. The highest BCUT2D eigenvalue weighted by Crippen LogP contribution is 2.35. The first kappa shape index (κ1) is 17.9. The molecule has 2 atom stereocenters. The third-order valence-corrected chi connectivity index (χ3v) is 4.47. The largest absolute Gasteiger partial charge is 0.482 e. The summed E-state index contributed by atoms with van der Waals surface area (Å²) in [5, 5.41) is 2.86. The van der Waals surface area contributed by atoms with Gasteiger partial charge in [0.15, 0.2) is 6.61 Å². The van der Waals surface area contributed by atoms with Crippen LogP contribution in [0.3, 0.4) is 0 Å². The van der Waals surface area contributed by atoms with E-state index >= 15 is 0 Å². The van der Waals surface area contributed by atoms with Gasteiger partial charge in [0.1, 0.15) is 11.8 Å². The number of carbonyl (C=O) groups excluding carboxylic acids is 2. The minimum absolute atomic E-state index is 0.0906. The highest BCUT2D eigenvalue weighted by molar-refractivity contribution is 6.06. The number of ether oxygens (including phenoxy) is 1. The van der Waals surface area contributed by atoms with Crippen LogP contribution in [0.15, 0.2) is 42.5 Å². The molecule has 2 aromatic carbocycles. The predicted molar refractivity (Wildman–Crippen MR) is 101 cm³/mol. The molecule has 0 aliphatic carbocycles. The minimum Gasteiger partial charge on any atom is -0.482 e. The first-order chi connectivity index (χ1) is 12.4. The molecule has 0 saturated carbocycles. The number of nitrogens with two attached hydrogens (primary N) is 1. The molecule has 3 rings (SSSR count). The molecular weight excluding hydrogens is 330 g/mol. The van der Waals surface area contributed by atoms with Crippen molar-refractivity contribution in [2.24, 2.45) is 5.73 Å². The third-order valence-electron chi connectivity index (χ3n) is 4.47. The van der Waals surface area contributed by atoms with Gasteiger partial charge in [-0.2, -0.15) is 0 Å². The van der Waals surface area contributed by atoms with Crippen LogP contribution >= 0.6 is 0 Å². The summed E-state index contributed by atoms with van der Waals surface area (Å²) in [6.45, 7) is 5.46. The van der Waals surface area contributed by atoms with Gasteiger partial charge in [0.05, 0.1) is 5.69 Å². The normalized spacial score (nSPS) is 15.7. The average Bonchev–Trinajstić information content (AvgIpc) is 2.62. The van der Waals surface area contributed by atoms with Gasteiger partial charge in [-0.15, -0.1) is 0 Å². The SMILES string of the molecule is Cc1ccc(NC(=O)C(C)N2C(=O)COc3ccc(C(C)N)cc32)cc1. The number of aryl methyl sites for hydroxylation is 1. The second kappa shape index (κ2) is 7.17. The number of rotatable bonds is 4. The van der Waals surface area contributed by atoms with Crippen LogP contribution in [0.25, 0.3) is 0 Å². The maximum absolute atomic E-state index is 12.7. The first-order valence-corrected chi connectivity index (χ1v) is 8.58. The van der Waals surface area contributed by atoms with Crippen LogP contribution in [-0.4, -0.2) is 24.5 Å². The molecule has 2 aromatic rings. The number of nitrogens with zero attached hydrogens (tertiary/aromatic N) is 1. The summed E-state index contributed by atoms with van der Waals surface area (Å²) in [4.78, 5) is 26.7. The Bertz CT molecular complexity index is 831. The summed E-state index contributed by atoms with van der Waals surface area (Å²) in [5.74, 6) is 0.0520. The summed E-state index contributed by atoms with van der Waals surface area (Å²) in [6, 6.07) is 12.1. The molecule has 1 aliphatic rings. The fourth-order valence-electron chi connectivity index (χ4n) is 2.90. The lowest BCUT2D eigenvalue weighted by atomic mass is 10.1. The van der Waals surface area contributed by atoms with Gasteiger partial charge in [0.2, 0.25) is 5.91 Å². The zero-order valence-electron chi connectivity index (χ0n) is 15.2. The fourth-order valence-corrected chi connectivity index (χ4v) is 2.90. The Morgan fingerprint density at radius 1 is 1.19 bits per heavy atom. The number of hydrogen-bond donors (Lipinski definition) is 2. The summed E-state index contributed by atoms with van der Waals surface area (Å²) in [5.41, 5.74) is 9.20. The zero-order chi connectivity index (χ0) is 18.8. The Labute approximate surface area is 152 Å². The van der Waals surface area contributed by atoms with Crippen molar-refractivity contribution in [3.63, 3.8) is 0 Å². The van der Waals surface area contributed by atoms with Gasteiger partial charge in [0.25, 0.3) is 5.91 Å². The number of carbonyl (C=O) groups is 2. The number of amides is 2. The van der Waals surface area contributed by atoms with Gasteiger partial charge < -0.3 is 15.8 Å². The Morgan fingerprint density at radius 2 is 1.88 bits per heavy atom. The van der Waals surface area contributed by atoms with E-state index in [1.54, 1.807) is 13.0 Å². The van der Waals surface area contributed by atoms with Crippen LogP contribution in [-0.2, 0) is 9.59 Å². The zero-order valence-corrected chi connectivity index (χ0v) is 15.2. The van der Waals surface area contributed by atoms with E-state index in [0.29, 0.717) is 17.1 Å². The maximum Gasteiger partial charge on any atom is 0.265 e. The van der Waals surface area contributed by atoms with Gasteiger partial charge in [-0.05, 0) is 50.6 Å². The van der Waals surface area contributed by atoms with Crippen LogP contribution in [0.1, 0.15) is 31.0 Å².